The van der Waals surface area contributed by atoms with E-state index in [1.807, 2.05) is 23.1 Å². The van der Waals surface area contributed by atoms with Crippen molar-refractivity contribution < 1.29 is 0 Å². The first-order valence-electron chi connectivity index (χ1n) is 10.3. The van der Waals surface area contributed by atoms with Crippen molar-refractivity contribution in [2.24, 2.45) is 0 Å². The maximum absolute atomic E-state index is 4.65. The predicted octanol–water partition coefficient (Wildman–Crippen LogP) is 2.94. The van der Waals surface area contributed by atoms with E-state index in [1.165, 1.54) is 24.4 Å². The van der Waals surface area contributed by atoms with E-state index in [0.29, 0.717) is 18.5 Å². The number of hydrogen-bond donors (Lipinski definition) is 0. The molecule has 7 heteroatoms. The van der Waals surface area contributed by atoms with E-state index in [2.05, 4.69) is 54.9 Å². The highest BCUT2D eigenvalue weighted by atomic mass is 15.3. The minimum absolute atomic E-state index is 0.501. The van der Waals surface area contributed by atoms with Crippen LogP contribution >= 0.6 is 0 Å². The highest BCUT2D eigenvalue weighted by molar-refractivity contribution is 5.11. The molecule has 28 heavy (non-hydrogen) atoms. The van der Waals surface area contributed by atoms with Crippen LogP contribution in [0, 0.1) is 6.92 Å². The molecule has 0 amide bonds. The summed E-state index contributed by atoms with van der Waals surface area (Å²) in [7, 11) is 0. The Labute approximate surface area is 165 Å². The second-order valence-electron chi connectivity index (χ2n) is 8.10. The van der Waals surface area contributed by atoms with Gasteiger partial charge in [-0.05, 0) is 63.9 Å². The Kier molecular flexibility index (Phi) is 4.68. The van der Waals surface area contributed by atoms with Crippen LogP contribution in [0.2, 0.25) is 0 Å². The quantitative estimate of drug-likeness (QED) is 0.661. The average Bonchev–Trinajstić information content (AvgIpc) is 3.24. The molecule has 1 aliphatic carbocycles. The third kappa shape index (κ3) is 3.71. The zero-order chi connectivity index (χ0) is 18.9. The molecule has 2 fully saturated rings. The maximum Gasteiger partial charge on any atom is 0.155 e. The maximum atomic E-state index is 4.65. The molecule has 2 aliphatic rings. The van der Waals surface area contributed by atoms with Gasteiger partial charge < -0.3 is 4.57 Å². The molecular formula is C21H27N7. The third-order valence-electron chi connectivity index (χ3n) is 5.85. The molecule has 4 heterocycles. The first kappa shape index (κ1) is 17.6. The minimum Gasteiger partial charge on any atom is -0.310 e. The third-order valence-corrected chi connectivity index (χ3v) is 5.85. The Hall–Kier alpha value is -2.54. The van der Waals surface area contributed by atoms with Crippen LogP contribution in [0.3, 0.4) is 0 Å². The predicted molar refractivity (Wildman–Crippen MR) is 106 cm³/mol. The number of aryl methyl sites for hydroxylation is 1. The number of likely N-dealkylation sites (tertiary alicyclic amines) is 1. The Morgan fingerprint density at radius 3 is 2.57 bits per heavy atom. The highest BCUT2D eigenvalue weighted by Gasteiger charge is 2.33. The first-order valence-corrected chi connectivity index (χ1v) is 10.3. The van der Waals surface area contributed by atoms with Gasteiger partial charge in [0.25, 0.3) is 0 Å². The highest BCUT2D eigenvalue weighted by Crippen LogP contribution is 2.40. The second-order valence-corrected chi connectivity index (χ2v) is 8.10. The molecular weight excluding hydrogens is 350 g/mol. The Morgan fingerprint density at radius 2 is 1.86 bits per heavy atom. The van der Waals surface area contributed by atoms with E-state index in [0.717, 1.165) is 44.0 Å². The summed E-state index contributed by atoms with van der Waals surface area (Å²) in [5, 5.41) is 13.5. The number of aromatic nitrogens is 6. The number of nitrogens with zero attached hydrogens (tertiary/aromatic N) is 7. The smallest absolute Gasteiger partial charge is 0.155 e. The summed E-state index contributed by atoms with van der Waals surface area (Å²) in [4.78, 5) is 7.17. The summed E-state index contributed by atoms with van der Waals surface area (Å²) in [6.07, 6.45) is 8.57. The lowest BCUT2D eigenvalue weighted by molar-refractivity contribution is 0.197. The number of hydrogen-bond acceptors (Lipinski definition) is 5. The van der Waals surface area contributed by atoms with Crippen molar-refractivity contribution in [1.29, 1.82) is 0 Å². The lowest BCUT2D eigenvalue weighted by Gasteiger charge is -2.31. The summed E-state index contributed by atoms with van der Waals surface area (Å²) >= 11 is 0. The topological polar surface area (TPSA) is 64.7 Å². The zero-order valence-electron chi connectivity index (χ0n) is 16.4. The Balaban J connectivity index is 1.27. The van der Waals surface area contributed by atoms with Gasteiger partial charge in [0.15, 0.2) is 5.82 Å². The summed E-state index contributed by atoms with van der Waals surface area (Å²) in [5.41, 5.74) is 2.26. The monoisotopic (exact) mass is 377 g/mol. The second kappa shape index (κ2) is 7.47. The molecule has 5 rings (SSSR count). The summed E-state index contributed by atoms with van der Waals surface area (Å²) in [6, 6.07) is 8.83. The van der Waals surface area contributed by atoms with Crippen LogP contribution in [-0.4, -0.2) is 47.5 Å². The standard InChI is InChI=1S/C21H27N7/c1-16-4-2-5-18(23-16)14-26-12-8-17(9-13-26)21-25-24-20(28(21)19-6-7-19)15-27-11-3-10-22-27/h2-5,10-11,17,19H,6-9,12-15H2,1H3. The molecule has 1 saturated heterocycles. The molecule has 3 aromatic heterocycles. The summed E-state index contributed by atoms with van der Waals surface area (Å²) in [6.45, 7) is 5.88. The van der Waals surface area contributed by atoms with Crippen molar-refractivity contribution in [2.75, 3.05) is 13.1 Å². The molecule has 0 atom stereocenters. The number of pyridine rings is 1. The fraction of sp³-hybridized carbons (Fsp3) is 0.524. The largest absolute Gasteiger partial charge is 0.310 e. The lowest BCUT2D eigenvalue weighted by atomic mass is 9.95. The minimum atomic E-state index is 0.501. The first-order chi connectivity index (χ1) is 13.8. The van der Waals surface area contributed by atoms with Gasteiger partial charge in [0.05, 0.1) is 5.69 Å². The van der Waals surface area contributed by atoms with Gasteiger partial charge in [-0.2, -0.15) is 5.10 Å². The normalized spacial score (nSPS) is 18.6. The molecule has 1 saturated carbocycles. The van der Waals surface area contributed by atoms with Crippen molar-refractivity contribution in [3.63, 3.8) is 0 Å². The van der Waals surface area contributed by atoms with Crippen LogP contribution < -0.4 is 0 Å². The van der Waals surface area contributed by atoms with Gasteiger partial charge in [-0.25, -0.2) is 0 Å². The van der Waals surface area contributed by atoms with Gasteiger partial charge in [0.1, 0.15) is 12.4 Å². The lowest BCUT2D eigenvalue weighted by Crippen LogP contribution is -2.33. The van der Waals surface area contributed by atoms with Crippen LogP contribution in [0.1, 0.15) is 60.7 Å². The van der Waals surface area contributed by atoms with E-state index in [1.54, 1.807) is 0 Å². The van der Waals surface area contributed by atoms with E-state index in [4.69, 9.17) is 0 Å². The number of piperidine rings is 1. The molecule has 0 bridgehead atoms. The van der Waals surface area contributed by atoms with Crippen LogP contribution in [0.5, 0.6) is 0 Å². The van der Waals surface area contributed by atoms with E-state index >= 15 is 0 Å². The average molecular weight is 377 g/mol. The van der Waals surface area contributed by atoms with Crippen molar-refractivity contribution in [1.82, 2.24) is 34.4 Å². The molecule has 0 radical (unpaired) electrons. The van der Waals surface area contributed by atoms with Crippen molar-refractivity contribution in [3.05, 3.63) is 59.7 Å². The van der Waals surface area contributed by atoms with Crippen LogP contribution in [-0.2, 0) is 13.1 Å². The Morgan fingerprint density at radius 1 is 1.00 bits per heavy atom. The van der Waals surface area contributed by atoms with Gasteiger partial charge in [-0.3, -0.25) is 14.6 Å². The molecule has 146 valence electrons. The fourth-order valence-corrected chi connectivity index (χ4v) is 4.26. The fourth-order valence-electron chi connectivity index (χ4n) is 4.26. The molecule has 0 aromatic carbocycles. The molecule has 0 N–H and O–H groups in total. The summed E-state index contributed by atoms with van der Waals surface area (Å²) < 4.78 is 4.36. The van der Waals surface area contributed by atoms with Crippen molar-refractivity contribution >= 4 is 0 Å². The SMILES string of the molecule is Cc1cccc(CN2CCC(c3nnc(Cn4cccn4)n3C3CC3)CC2)n1. The molecule has 7 nitrogen and oxygen atoms in total. The molecule has 0 spiro atoms. The van der Waals surface area contributed by atoms with Gasteiger partial charge in [-0.15, -0.1) is 10.2 Å². The van der Waals surface area contributed by atoms with Crippen LogP contribution in [0.4, 0.5) is 0 Å². The van der Waals surface area contributed by atoms with Gasteiger partial charge in [-0.1, -0.05) is 6.07 Å². The van der Waals surface area contributed by atoms with Gasteiger partial charge in [0, 0.05) is 36.6 Å². The van der Waals surface area contributed by atoms with Gasteiger partial charge >= 0.3 is 0 Å². The molecule has 3 aromatic rings. The van der Waals surface area contributed by atoms with Crippen molar-refractivity contribution in [3.8, 4) is 0 Å². The molecule has 0 unspecified atom stereocenters. The number of rotatable bonds is 6. The van der Waals surface area contributed by atoms with Crippen LogP contribution in [0.25, 0.3) is 0 Å². The molecule has 1 aliphatic heterocycles. The van der Waals surface area contributed by atoms with Crippen molar-refractivity contribution in [2.45, 2.75) is 57.7 Å². The Bertz CT molecular complexity index is 918. The van der Waals surface area contributed by atoms with E-state index < -0.39 is 0 Å². The van der Waals surface area contributed by atoms with E-state index in [9.17, 15) is 0 Å². The van der Waals surface area contributed by atoms with Gasteiger partial charge in [0.2, 0.25) is 0 Å². The zero-order valence-corrected chi connectivity index (χ0v) is 16.4. The summed E-state index contributed by atoms with van der Waals surface area (Å²) in [5.74, 6) is 2.74. The van der Waals surface area contributed by atoms with E-state index in [-0.39, 0.29) is 0 Å². The van der Waals surface area contributed by atoms with Crippen LogP contribution in [0.15, 0.2) is 36.7 Å².